The zero-order chi connectivity index (χ0) is 34.3. The first kappa shape index (κ1) is 31.7. The molecule has 2 atom stereocenters. The number of hydrogen-bond donors (Lipinski definition) is 1. The summed E-state index contributed by atoms with van der Waals surface area (Å²) in [5.41, 5.74) is 4.05. The average molecular weight is 671 g/mol. The highest BCUT2D eigenvalue weighted by atomic mass is 35.5. The number of aromatic nitrogens is 3. The van der Waals surface area contributed by atoms with Crippen LogP contribution in [0.15, 0.2) is 57.1 Å². The first-order chi connectivity index (χ1) is 22.8. The van der Waals surface area contributed by atoms with Crippen LogP contribution in [-0.4, -0.2) is 64.1 Å². The van der Waals surface area contributed by atoms with Crippen molar-refractivity contribution in [3.8, 4) is 16.8 Å². The van der Waals surface area contributed by atoms with E-state index in [1.807, 2.05) is 45.7 Å². The number of piperazine rings is 1. The lowest BCUT2D eigenvalue weighted by atomic mass is 9.94. The Balaban J connectivity index is 1.64. The molecule has 10 nitrogen and oxygen atoms in total. The Bertz CT molecular complexity index is 2310. The van der Waals surface area contributed by atoms with E-state index in [2.05, 4.69) is 21.4 Å². The van der Waals surface area contributed by atoms with Crippen molar-refractivity contribution >= 4 is 50.9 Å². The Hall–Kier alpha value is -4.90. The smallest absolute Gasteiger partial charge is 0.407 e. The number of rotatable bonds is 4. The Morgan fingerprint density at radius 3 is 2.56 bits per heavy atom. The molecule has 0 aliphatic carbocycles. The van der Waals surface area contributed by atoms with E-state index >= 15 is 9.18 Å². The third kappa shape index (κ3) is 4.58. The molecule has 0 saturated carbocycles. The van der Waals surface area contributed by atoms with E-state index in [1.165, 1.54) is 10.6 Å². The number of H-pyrrole nitrogens is 1. The van der Waals surface area contributed by atoms with E-state index in [1.54, 1.807) is 36.2 Å². The number of nitrogens with one attached hydrogen (secondary N) is 1. The first-order valence-corrected chi connectivity index (χ1v) is 16.3. The van der Waals surface area contributed by atoms with Gasteiger partial charge in [0.1, 0.15) is 5.69 Å². The van der Waals surface area contributed by atoms with Crippen molar-refractivity contribution in [3.63, 3.8) is 0 Å². The zero-order valence-corrected chi connectivity index (χ0v) is 28.4. The Labute approximate surface area is 281 Å². The number of fused-ring (bicyclic) bond motifs is 6. The predicted octanol–water partition coefficient (Wildman–Crippen LogP) is 6.06. The van der Waals surface area contributed by atoms with Gasteiger partial charge in [0.2, 0.25) is 5.91 Å². The van der Waals surface area contributed by atoms with E-state index in [0.29, 0.717) is 64.4 Å². The third-order valence-corrected chi connectivity index (χ3v) is 10.0. The van der Waals surface area contributed by atoms with Gasteiger partial charge in [0.25, 0.3) is 5.56 Å². The number of carbonyl (C=O) groups excluding carboxylic acids is 1. The third-order valence-electron chi connectivity index (χ3n) is 9.73. The molecule has 1 amide bonds. The number of anilines is 2. The van der Waals surface area contributed by atoms with Gasteiger partial charge in [0.05, 0.1) is 39.2 Å². The number of oxazole rings is 1. The van der Waals surface area contributed by atoms with Crippen LogP contribution in [0.4, 0.5) is 15.8 Å². The maximum absolute atomic E-state index is 17.8. The fraction of sp³-hybridized carbons (Fsp3) is 0.333. The van der Waals surface area contributed by atoms with Crippen molar-refractivity contribution in [2.75, 3.05) is 36.5 Å². The lowest BCUT2D eigenvalue weighted by molar-refractivity contribution is -0.128. The van der Waals surface area contributed by atoms with E-state index in [0.717, 1.165) is 5.56 Å². The van der Waals surface area contributed by atoms with E-state index < -0.39 is 17.1 Å². The van der Waals surface area contributed by atoms with Crippen LogP contribution >= 0.6 is 11.6 Å². The molecule has 3 aromatic heterocycles. The fourth-order valence-electron chi connectivity index (χ4n) is 7.53. The molecule has 1 saturated heterocycles. The van der Waals surface area contributed by atoms with Crippen molar-refractivity contribution in [2.24, 2.45) is 0 Å². The predicted molar refractivity (Wildman–Crippen MR) is 187 cm³/mol. The monoisotopic (exact) mass is 670 g/mol. The summed E-state index contributed by atoms with van der Waals surface area (Å²) in [6, 6.07) is 6.58. The minimum absolute atomic E-state index is 0.0197. The lowest BCUT2D eigenvalue weighted by Crippen LogP contribution is -2.64. The molecule has 2 aromatic carbocycles. The number of carbonyl (C=O) groups is 1. The number of benzene rings is 2. The van der Waals surface area contributed by atoms with Crippen molar-refractivity contribution in [1.29, 1.82) is 0 Å². The summed E-state index contributed by atoms with van der Waals surface area (Å²) in [5.74, 6) is -1.65. The van der Waals surface area contributed by atoms with E-state index in [9.17, 15) is 9.59 Å². The van der Waals surface area contributed by atoms with Crippen molar-refractivity contribution in [1.82, 2.24) is 19.4 Å². The van der Waals surface area contributed by atoms with Gasteiger partial charge in [-0.05, 0) is 62.1 Å². The van der Waals surface area contributed by atoms with Crippen LogP contribution in [-0.2, 0) is 4.79 Å². The van der Waals surface area contributed by atoms with Gasteiger partial charge in [-0.2, -0.15) is 0 Å². The quantitative estimate of drug-likeness (QED) is 0.232. The van der Waals surface area contributed by atoms with Gasteiger partial charge in [-0.25, -0.2) is 9.18 Å². The van der Waals surface area contributed by atoms with Gasteiger partial charge in [0.15, 0.2) is 11.4 Å². The summed E-state index contributed by atoms with van der Waals surface area (Å²) < 4.78 is 24.8. The van der Waals surface area contributed by atoms with Crippen LogP contribution in [0.5, 0.6) is 0 Å². The number of hydrogen-bond acceptors (Lipinski definition) is 7. The minimum atomic E-state index is -0.729. The molecule has 7 rings (SSSR count). The maximum Gasteiger partial charge on any atom is 0.417 e. The number of likely N-dealkylation sites (N-methyl/N-ethyl adjacent to an activating group) is 1. The second-order valence-corrected chi connectivity index (χ2v) is 13.6. The Morgan fingerprint density at radius 2 is 1.85 bits per heavy atom. The summed E-state index contributed by atoms with van der Waals surface area (Å²) in [4.78, 5) is 53.2. The topological polar surface area (TPSA) is 108 Å². The Kier molecular flexibility index (Phi) is 7.50. The summed E-state index contributed by atoms with van der Waals surface area (Å²) in [7, 11) is 1.84. The molecular formula is C36H36ClFN6O4. The molecular weight excluding hydrogens is 635 g/mol. The number of aromatic amines is 1. The SMILES string of the molecule is C=CC(=O)N1CC2CN(C)c3c(c4cc(Cl)c(-c5c(C)ccc6[nH]c(=O)oc56)c(F)c4n(-c4c(C)ccnc4C(C)C)c3=O)N2CC1C. The highest BCUT2D eigenvalue weighted by molar-refractivity contribution is 6.35. The summed E-state index contributed by atoms with van der Waals surface area (Å²) in [5, 5.41) is 0.540. The molecule has 2 aliphatic heterocycles. The molecule has 2 aliphatic rings. The number of pyridine rings is 2. The number of nitrogens with zero attached hydrogens (tertiary/aromatic N) is 5. The van der Waals surface area contributed by atoms with Crippen LogP contribution in [0.25, 0.3) is 38.8 Å². The van der Waals surface area contributed by atoms with Crippen molar-refractivity contribution < 1.29 is 13.6 Å². The van der Waals surface area contributed by atoms with Crippen molar-refractivity contribution in [2.45, 2.75) is 52.6 Å². The normalized spacial score (nSPS) is 17.7. The second-order valence-electron chi connectivity index (χ2n) is 13.2. The molecule has 2 unspecified atom stereocenters. The molecule has 1 fully saturated rings. The molecule has 248 valence electrons. The van der Waals surface area contributed by atoms with Crippen LogP contribution in [0.3, 0.4) is 0 Å². The highest BCUT2D eigenvalue weighted by Gasteiger charge is 2.42. The number of amides is 1. The van der Waals surface area contributed by atoms with Crippen molar-refractivity contribution in [3.05, 3.63) is 91.7 Å². The Morgan fingerprint density at radius 1 is 1.10 bits per heavy atom. The second kappa shape index (κ2) is 11.4. The standard InChI is InChI=1S/C36H36ClFN6O4/c1-8-25(45)42-16-21-15-41(7)33-32(43(21)14-20(42)6)22-13-23(37)27(26-18(4)9-10-24-34(26)48-36(47)40-24)28(38)31(22)44(35(33)46)30-19(5)11-12-39-29(30)17(2)3/h8-13,17,20-21H,1,14-16H2,2-7H3,(H,40,47). The van der Waals surface area contributed by atoms with Gasteiger partial charge in [-0.3, -0.25) is 24.1 Å². The van der Waals surface area contributed by atoms with Gasteiger partial charge in [-0.1, -0.05) is 38.1 Å². The fourth-order valence-corrected chi connectivity index (χ4v) is 7.82. The molecule has 5 heterocycles. The van der Waals surface area contributed by atoms with Gasteiger partial charge >= 0.3 is 5.76 Å². The molecule has 0 spiro atoms. The molecule has 48 heavy (non-hydrogen) atoms. The lowest BCUT2D eigenvalue weighted by Gasteiger charge is -2.51. The van der Waals surface area contributed by atoms with E-state index in [4.69, 9.17) is 16.0 Å². The summed E-state index contributed by atoms with van der Waals surface area (Å²) >= 11 is 7.07. The average Bonchev–Trinajstić information content (AvgIpc) is 3.42. The zero-order valence-electron chi connectivity index (χ0n) is 27.6. The van der Waals surface area contributed by atoms with E-state index in [-0.39, 0.29) is 45.6 Å². The minimum Gasteiger partial charge on any atom is -0.407 e. The van der Waals surface area contributed by atoms with Crippen LogP contribution in [0.2, 0.25) is 5.02 Å². The van der Waals surface area contributed by atoms with Crippen LogP contribution < -0.4 is 21.1 Å². The molecule has 12 heteroatoms. The largest absolute Gasteiger partial charge is 0.417 e. The first-order valence-electron chi connectivity index (χ1n) is 15.9. The highest BCUT2D eigenvalue weighted by Crippen LogP contribution is 2.47. The van der Waals surface area contributed by atoms with Gasteiger partial charge in [0, 0.05) is 55.4 Å². The molecule has 0 bridgehead atoms. The number of halogens is 2. The summed E-state index contributed by atoms with van der Waals surface area (Å²) in [6.45, 7) is 14.5. The molecule has 5 aromatic rings. The van der Waals surface area contributed by atoms with Gasteiger partial charge < -0.3 is 19.1 Å². The van der Waals surface area contributed by atoms with Crippen LogP contribution in [0, 0.1) is 19.7 Å². The van der Waals surface area contributed by atoms with Crippen LogP contribution in [0.1, 0.15) is 43.5 Å². The van der Waals surface area contributed by atoms with Gasteiger partial charge in [-0.15, -0.1) is 0 Å². The molecule has 1 N–H and O–H groups in total. The maximum atomic E-state index is 17.8. The summed E-state index contributed by atoms with van der Waals surface area (Å²) in [6.07, 6.45) is 3.01. The number of aryl methyl sites for hydroxylation is 2. The molecule has 0 radical (unpaired) electrons.